The maximum Gasteiger partial charge on any atom is 0.275 e. The molecule has 1 aromatic carbocycles. The predicted molar refractivity (Wildman–Crippen MR) is 92.2 cm³/mol. The standard InChI is InChI=1S/C17H21N3O2S/c18-10-9-16-19-14(11-23-16)17(21)20-13-7-3-4-8-15(13)22-12-5-1-2-6-12/h3-4,7-8,11-12H,1-2,5-6,9-10,18H2,(H,20,21). The quantitative estimate of drug-likeness (QED) is 0.852. The van der Waals surface area contributed by atoms with Crippen molar-refractivity contribution in [2.45, 2.75) is 38.2 Å². The highest BCUT2D eigenvalue weighted by Crippen LogP contribution is 2.30. The van der Waals surface area contributed by atoms with Gasteiger partial charge in [0.2, 0.25) is 0 Å². The van der Waals surface area contributed by atoms with Gasteiger partial charge in [-0.2, -0.15) is 0 Å². The number of carbonyl (C=O) groups is 1. The molecule has 23 heavy (non-hydrogen) atoms. The molecule has 122 valence electrons. The summed E-state index contributed by atoms with van der Waals surface area (Å²) in [4.78, 5) is 16.7. The van der Waals surface area contributed by atoms with Crippen molar-refractivity contribution in [2.24, 2.45) is 5.73 Å². The van der Waals surface area contributed by atoms with Crippen molar-refractivity contribution in [2.75, 3.05) is 11.9 Å². The van der Waals surface area contributed by atoms with Crippen molar-refractivity contribution in [3.05, 3.63) is 40.3 Å². The molecule has 2 aromatic rings. The van der Waals surface area contributed by atoms with Crippen LogP contribution in [0.4, 0.5) is 5.69 Å². The number of nitrogens with two attached hydrogens (primary N) is 1. The topological polar surface area (TPSA) is 77.2 Å². The number of nitrogens with zero attached hydrogens (tertiary/aromatic N) is 1. The van der Waals surface area contributed by atoms with Crippen LogP contribution in [-0.2, 0) is 6.42 Å². The van der Waals surface area contributed by atoms with Gasteiger partial charge in [0.05, 0.1) is 16.8 Å². The second-order valence-corrected chi connectivity index (χ2v) is 6.58. The largest absolute Gasteiger partial charge is 0.488 e. The van der Waals surface area contributed by atoms with Crippen LogP contribution in [0.3, 0.4) is 0 Å². The average Bonchev–Trinajstić information content (AvgIpc) is 3.21. The molecule has 0 saturated heterocycles. The fraction of sp³-hybridized carbons (Fsp3) is 0.412. The third-order valence-corrected chi connectivity index (χ3v) is 4.78. The highest BCUT2D eigenvalue weighted by molar-refractivity contribution is 7.09. The van der Waals surface area contributed by atoms with Gasteiger partial charge in [-0.05, 0) is 44.4 Å². The zero-order valence-corrected chi connectivity index (χ0v) is 13.8. The third kappa shape index (κ3) is 4.09. The molecule has 0 spiro atoms. The zero-order chi connectivity index (χ0) is 16.1. The lowest BCUT2D eigenvalue weighted by molar-refractivity contribution is 0.102. The molecule has 3 rings (SSSR count). The van der Waals surface area contributed by atoms with E-state index in [0.29, 0.717) is 24.3 Å². The number of ether oxygens (including phenoxy) is 1. The van der Waals surface area contributed by atoms with Gasteiger partial charge in [-0.1, -0.05) is 12.1 Å². The molecule has 6 heteroatoms. The Morgan fingerprint density at radius 2 is 2.13 bits per heavy atom. The monoisotopic (exact) mass is 331 g/mol. The highest BCUT2D eigenvalue weighted by Gasteiger charge is 2.19. The van der Waals surface area contributed by atoms with E-state index in [1.54, 1.807) is 5.38 Å². The summed E-state index contributed by atoms with van der Waals surface area (Å²) in [5.41, 5.74) is 6.63. The van der Waals surface area contributed by atoms with E-state index in [1.165, 1.54) is 24.2 Å². The lowest BCUT2D eigenvalue weighted by atomic mass is 10.2. The number of hydrogen-bond donors (Lipinski definition) is 2. The first-order chi connectivity index (χ1) is 11.3. The minimum atomic E-state index is -0.216. The van der Waals surface area contributed by atoms with Crippen molar-refractivity contribution < 1.29 is 9.53 Å². The van der Waals surface area contributed by atoms with Crippen LogP contribution >= 0.6 is 11.3 Å². The molecule has 1 fully saturated rings. The molecule has 1 amide bonds. The van der Waals surface area contributed by atoms with Gasteiger partial charge in [0.1, 0.15) is 11.4 Å². The van der Waals surface area contributed by atoms with Crippen LogP contribution in [0, 0.1) is 0 Å². The molecule has 0 aliphatic heterocycles. The minimum absolute atomic E-state index is 0.216. The Morgan fingerprint density at radius 1 is 1.35 bits per heavy atom. The van der Waals surface area contributed by atoms with Crippen LogP contribution in [0.2, 0.25) is 0 Å². The van der Waals surface area contributed by atoms with E-state index in [0.717, 1.165) is 23.6 Å². The molecule has 1 aliphatic rings. The molecule has 0 unspecified atom stereocenters. The summed E-state index contributed by atoms with van der Waals surface area (Å²) in [5, 5.41) is 5.55. The van der Waals surface area contributed by atoms with Gasteiger partial charge in [-0.3, -0.25) is 4.79 Å². The van der Waals surface area contributed by atoms with Crippen molar-refractivity contribution in [1.29, 1.82) is 0 Å². The number of amides is 1. The molecule has 1 heterocycles. The highest BCUT2D eigenvalue weighted by atomic mass is 32.1. The van der Waals surface area contributed by atoms with Gasteiger partial charge in [0.25, 0.3) is 5.91 Å². The first-order valence-electron chi connectivity index (χ1n) is 7.98. The summed E-state index contributed by atoms with van der Waals surface area (Å²) in [6, 6.07) is 7.56. The lowest BCUT2D eigenvalue weighted by Gasteiger charge is -2.16. The summed E-state index contributed by atoms with van der Waals surface area (Å²) in [7, 11) is 0. The molecule has 0 atom stereocenters. The molecule has 0 radical (unpaired) electrons. The molecular weight excluding hydrogens is 310 g/mol. The number of hydrogen-bond acceptors (Lipinski definition) is 5. The Balaban J connectivity index is 1.69. The molecule has 1 aromatic heterocycles. The SMILES string of the molecule is NCCc1nc(C(=O)Nc2ccccc2OC2CCCC2)cs1. The van der Waals surface area contributed by atoms with Gasteiger partial charge in [-0.15, -0.1) is 11.3 Å². The first kappa shape index (κ1) is 16.0. The van der Waals surface area contributed by atoms with Crippen molar-refractivity contribution in [3.63, 3.8) is 0 Å². The number of rotatable bonds is 6. The predicted octanol–water partition coefficient (Wildman–Crippen LogP) is 3.22. The number of para-hydroxylation sites is 2. The minimum Gasteiger partial charge on any atom is -0.488 e. The van der Waals surface area contributed by atoms with E-state index >= 15 is 0 Å². The Hall–Kier alpha value is -1.92. The van der Waals surface area contributed by atoms with Crippen LogP contribution < -0.4 is 15.8 Å². The number of anilines is 1. The number of thiazole rings is 1. The van der Waals surface area contributed by atoms with Gasteiger partial charge < -0.3 is 15.8 Å². The number of aromatic nitrogens is 1. The summed E-state index contributed by atoms with van der Waals surface area (Å²) in [6.07, 6.45) is 5.53. The smallest absolute Gasteiger partial charge is 0.275 e. The summed E-state index contributed by atoms with van der Waals surface area (Å²) >= 11 is 1.46. The number of nitrogens with one attached hydrogen (secondary N) is 1. The Labute approximate surface area is 139 Å². The van der Waals surface area contributed by atoms with Crippen LogP contribution in [-0.4, -0.2) is 23.5 Å². The first-order valence-corrected chi connectivity index (χ1v) is 8.85. The molecular formula is C17H21N3O2S. The van der Waals surface area contributed by atoms with Gasteiger partial charge >= 0.3 is 0 Å². The maximum absolute atomic E-state index is 12.4. The number of benzene rings is 1. The molecule has 1 saturated carbocycles. The Morgan fingerprint density at radius 3 is 2.91 bits per heavy atom. The summed E-state index contributed by atoms with van der Waals surface area (Å²) in [6.45, 7) is 0.534. The van der Waals surface area contributed by atoms with E-state index < -0.39 is 0 Å². The van der Waals surface area contributed by atoms with Gasteiger partial charge in [-0.25, -0.2) is 4.98 Å². The maximum atomic E-state index is 12.4. The van der Waals surface area contributed by atoms with E-state index in [2.05, 4.69) is 10.3 Å². The molecule has 1 aliphatic carbocycles. The normalized spacial score (nSPS) is 14.8. The fourth-order valence-corrected chi connectivity index (χ4v) is 3.49. The van der Waals surface area contributed by atoms with Crippen LogP contribution in [0.15, 0.2) is 29.6 Å². The van der Waals surface area contributed by atoms with Crippen LogP contribution in [0.1, 0.15) is 41.2 Å². The van der Waals surface area contributed by atoms with Gasteiger partial charge in [0, 0.05) is 11.8 Å². The van der Waals surface area contributed by atoms with Gasteiger partial charge in [0.15, 0.2) is 0 Å². The van der Waals surface area contributed by atoms with E-state index in [4.69, 9.17) is 10.5 Å². The second kappa shape index (κ2) is 7.57. The zero-order valence-electron chi connectivity index (χ0n) is 13.0. The van der Waals surface area contributed by atoms with E-state index in [9.17, 15) is 4.79 Å². The van der Waals surface area contributed by atoms with Crippen molar-refractivity contribution in [1.82, 2.24) is 4.98 Å². The second-order valence-electron chi connectivity index (χ2n) is 5.64. The van der Waals surface area contributed by atoms with Crippen LogP contribution in [0.5, 0.6) is 5.75 Å². The Kier molecular flexibility index (Phi) is 5.25. The summed E-state index contributed by atoms with van der Waals surface area (Å²) in [5.74, 6) is 0.511. The summed E-state index contributed by atoms with van der Waals surface area (Å²) < 4.78 is 6.04. The Bertz CT molecular complexity index is 665. The molecule has 5 nitrogen and oxygen atoms in total. The third-order valence-electron chi connectivity index (χ3n) is 3.87. The van der Waals surface area contributed by atoms with Crippen molar-refractivity contribution in [3.8, 4) is 5.75 Å². The molecule has 3 N–H and O–H groups in total. The van der Waals surface area contributed by atoms with Crippen molar-refractivity contribution >= 4 is 22.9 Å². The fourth-order valence-electron chi connectivity index (χ4n) is 2.70. The van der Waals surface area contributed by atoms with Crippen LogP contribution in [0.25, 0.3) is 0 Å². The average molecular weight is 331 g/mol. The number of carbonyl (C=O) groups excluding carboxylic acids is 1. The molecule has 0 bridgehead atoms. The lowest BCUT2D eigenvalue weighted by Crippen LogP contribution is -2.16. The van der Waals surface area contributed by atoms with E-state index in [-0.39, 0.29) is 12.0 Å². The van der Waals surface area contributed by atoms with E-state index in [1.807, 2.05) is 24.3 Å².